The molecule has 2 heteroatoms. The molecule has 0 atom stereocenters. The Morgan fingerprint density at radius 1 is 1.00 bits per heavy atom. The van der Waals surface area contributed by atoms with E-state index in [9.17, 15) is 0 Å². The van der Waals surface area contributed by atoms with E-state index in [4.69, 9.17) is 11.6 Å². The summed E-state index contributed by atoms with van der Waals surface area (Å²) in [6.07, 6.45) is 4.62. The molecule has 0 heterocycles. The van der Waals surface area contributed by atoms with Gasteiger partial charge in [-0.05, 0) is 64.0 Å². The number of rotatable bonds is 8. The van der Waals surface area contributed by atoms with Gasteiger partial charge in [0.2, 0.25) is 0 Å². The van der Waals surface area contributed by atoms with Gasteiger partial charge in [0.25, 0.3) is 0 Å². The molecule has 0 aromatic heterocycles. The minimum atomic E-state index is 0.0584. The number of hydrogen-bond acceptors (Lipinski definition) is 1. The van der Waals surface area contributed by atoms with Crippen molar-refractivity contribution >= 4 is 17.3 Å². The predicted octanol–water partition coefficient (Wildman–Crippen LogP) is 6.63. The van der Waals surface area contributed by atoms with E-state index in [0.717, 1.165) is 18.7 Å². The molecule has 0 amide bonds. The molecule has 1 N–H and O–H groups in total. The third-order valence-electron chi connectivity index (χ3n) is 5.08. The highest BCUT2D eigenvalue weighted by atomic mass is 35.5. The Kier molecular flexibility index (Phi) is 6.80. The molecule has 1 nitrogen and oxygen atoms in total. The van der Waals surface area contributed by atoms with Crippen molar-refractivity contribution in [2.24, 2.45) is 5.41 Å². The zero-order valence-electron chi connectivity index (χ0n) is 15.6. The highest BCUT2D eigenvalue weighted by Gasteiger charge is 2.33. The summed E-state index contributed by atoms with van der Waals surface area (Å²) in [5.74, 6) is 0.750. The van der Waals surface area contributed by atoms with E-state index in [1.807, 2.05) is 0 Å². The predicted molar refractivity (Wildman–Crippen MR) is 101 cm³/mol. The van der Waals surface area contributed by atoms with Gasteiger partial charge >= 0.3 is 0 Å². The molecule has 0 unspecified atom stereocenters. The van der Waals surface area contributed by atoms with Gasteiger partial charge in [0.1, 0.15) is 0 Å². The lowest BCUT2D eigenvalue weighted by Crippen LogP contribution is -2.39. The van der Waals surface area contributed by atoms with Crippen molar-refractivity contribution in [2.45, 2.75) is 79.7 Å². The van der Waals surface area contributed by atoms with Crippen LogP contribution in [0.2, 0.25) is 0 Å². The Balaban J connectivity index is 3.00. The van der Waals surface area contributed by atoms with Gasteiger partial charge in [0.05, 0.1) is 0 Å². The van der Waals surface area contributed by atoms with Gasteiger partial charge in [0.15, 0.2) is 0 Å². The SMILES string of the molecule is CCC(CC)(CCCl)CC(C)(C)Nc1c(C)cc(C)cc1C. The summed E-state index contributed by atoms with van der Waals surface area (Å²) in [6.45, 7) is 15.8. The maximum Gasteiger partial charge on any atom is 0.0403 e. The first kappa shape index (κ1) is 19.4. The zero-order valence-corrected chi connectivity index (χ0v) is 16.3. The van der Waals surface area contributed by atoms with Crippen LogP contribution in [0.1, 0.15) is 70.1 Å². The van der Waals surface area contributed by atoms with Crippen molar-refractivity contribution in [2.75, 3.05) is 11.2 Å². The van der Waals surface area contributed by atoms with Gasteiger partial charge in [-0.15, -0.1) is 11.6 Å². The minimum Gasteiger partial charge on any atom is -0.380 e. The number of aryl methyl sites for hydroxylation is 3. The fraction of sp³-hybridized carbons (Fsp3) is 0.700. The molecule has 1 aromatic rings. The summed E-state index contributed by atoms with van der Waals surface area (Å²) < 4.78 is 0. The smallest absolute Gasteiger partial charge is 0.0403 e. The van der Waals surface area contributed by atoms with Gasteiger partial charge in [0, 0.05) is 17.1 Å². The second kappa shape index (κ2) is 7.73. The molecule has 22 heavy (non-hydrogen) atoms. The van der Waals surface area contributed by atoms with Crippen molar-refractivity contribution in [1.29, 1.82) is 0 Å². The van der Waals surface area contributed by atoms with Crippen LogP contribution in [0.25, 0.3) is 0 Å². The lowest BCUT2D eigenvalue weighted by atomic mass is 9.71. The average molecular weight is 324 g/mol. The number of hydrogen-bond donors (Lipinski definition) is 1. The monoisotopic (exact) mass is 323 g/mol. The Labute approximate surface area is 142 Å². The molecule has 0 aliphatic heterocycles. The van der Waals surface area contributed by atoms with Crippen LogP contribution in [0.5, 0.6) is 0 Å². The Hall–Kier alpha value is -0.690. The number of nitrogens with one attached hydrogen (secondary N) is 1. The average Bonchev–Trinajstić information content (AvgIpc) is 2.42. The van der Waals surface area contributed by atoms with E-state index >= 15 is 0 Å². The fourth-order valence-corrected chi connectivity index (χ4v) is 4.24. The van der Waals surface area contributed by atoms with Crippen molar-refractivity contribution in [3.8, 4) is 0 Å². The molecule has 1 aromatic carbocycles. The largest absolute Gasteiger partial charge is 0.380 e. The molecule has 1 rings (SSSR count). The van der Waals surface area contributed by atoms with Crippen LogP contribution in [0.3, 0.4) is 0 Å². The third-order valence-corrected chi connectivity index (χ3v) is 5.27. The summed E-state index contributed by atoms with van der Waals surface area (Å²) in [7, 11) is 0. The normalized spacial score (nSPS) is 12.5. The van der Waals surface area contributed by atoms with E-state index < -0.39 is 0 Å². The summed E-state index contributed by atoms with van der Waals surface area (Å²) in [5, 5.41) is 3.82. The summed E-state index contributed by atoms with van der Waals surface area (Å²) in [6, 6.07) is 4.52. The fourth-order valence-electron chi connectivity index (χ4n) is 3.84. The van der Waals surface area contributed by atoms with E-state index in [1.54, 1.807) is 0 Å². The van der Waals surface area contributed by atoms with Crippen LogP contribution >= 0.6 is 11.6 Å². The highest BCUT2D eigenvalue weighted by Crippen LogP contribution is 2.40. The van der Waals surface area contributed by atoms with Crippen molar-refractivity contribution in [3.05, 3.63) is 28.8 Å². The molecule has 0 aliphatic carbocycles. The number of benzene rings is 1. The molecule has 0 spiro atoms. The van der Waals surface area contributed by atoms with Crippen molar-refractivity contribution < 1.29 is 0 Å². The van der Waals surface area contributed by atoms with Crippen LogP contribution in [-0.4, -0.2) is 11.4 Å². The molecule has 0 fully saturated rings. The van der Waals surface area contributed by atoms with Crippen LogP contribution in [0.4, 0.5) is 5.69 Å². The number of alkyl halides is 1. The maximum absolute atomic E-state index is 6.08. The van der Waals surface area contributed by atoms with Crippen molar-refractivity contribution in [1.82, 2.24) is 0 Å². The second-order valence-corrected chi connectivity index (χ2v) is 7.98. The lowest BCUT2D eigenvalue weighted by molar-refractivity contribution is 0.191. The molecule has 0 saturated heterocycles. The standard InChI is InChI=1S/C20H34ClN/c1-8-20(9-2,10-11-21)14-19(6,7)22-18-16(4)12-15(3)13-17(18)5/h12-13,22H,8-11,14H2,1-7H3. The first-order valence-electron chi connectivity index (χ1n) is 8.60. The number of anilines is 1. The Morgan fingerprint density at radius 2 is 1.50 bits per heavy atom. The quantitative estimate of drug-likeness (QED) is 0.529. The van der Waals surface area contributed by atoms with E-state index in [2.05, 4.69) is 65.9 Å². The molecular formula is C20H34ClN. The van der Waals surface area contributed by atoms with Gasteiger partial charge < -0.3 is 5.32 Å². The van der Waals surface area contributed by atoms with E-state index in [0.29, 0.717) is 5.41 Å². The van der Waals surface area contributed by atoms with Crippen LogP contribution < -0.4 is 5.32 Å². The van der Waals surface area contributed by atoms with E-state index in [-0.39, 0.29) is 5.54 Å². The van der Waals surface area contributed by atoms with Gasteiger partial charge in [-0.25, -0.2) is 0 Å². The minimum absolute atomic E-state index is 0.0584. The van der Waals surface area contributed by atoms with Crippen molar-refractivity contribution in [3.63, 3.8) is 0 Å². The Morgan fingerprint density at radius 3 is 1.91 bits per heavy atom. The maximum atomic E-state index is 6.08. The first-order chi connectivity index (χ1) is 10.2. The number of halogens is 1. The van der Waals surface area contributed by atoms with Crippen LogP contribution in [0, 0.1) is 26.2 Å². The summed E-state index contributed by atoms with van der Waals surface area (Å²) in [5.41, 5.74) is 5.69. The van der Waals surface area contributed by atoms with Gasteiger partial charge in [-0.2, -0.15) is 0 Å². The Bertz CT molecular complexity index is 463. The third kappa shape index (κ3) is 4.91. The van der Waals surface area contributed by atoms with E-state index in [1.165, 1.54) is 35.2 Å². The molecule has 0 saturated carbocycles. The van der Waals surface area contributed by atoms with Gasteiger partial charge in [-0.1, -0.05) is 44.4 Å². The lowest BCUT2D eigenvalue weighted by Gasteiger charge is -2.40. The molecular weight excluding hydrogens is 290 g/mol. The molecule has 126 valence electrons. The summed E-state index contributed by atoms with van der Waals surface area (Å²) >= 11 is 6.08. The zero-order chi connectivity index (χ0) is 17.0. The second-order valence-electron chi connectivity index (χ2n) is 7.61. The molecule has 0 radical (unpaired) electrons. The first-order valence-corrected chi connectivity index (χ1v) is 9.14. The molecule has 0 bridgehead atoms. The summed E-state index contributed by atoms with van der Waals surface area (Å²) in [4.78, 5) is 0. The van der Waals surface area contributed by atoms with Crippen LogP contribution in [0.15, 0.2) is 12.1 Å². The highest BCUT2D eigenvalue weighted by molar-refractivity contribution is 6.17. The topological polar surface area (TPSA) is 12.0 Å². The van der Waals surface area contributed by atoms with Crippen LogP contribution in [-0.2, 0) is 0 Å². The van der Waals surface area contributed by atoms with Gasteiger partial charge in [-0.3, -0.25) is 0 Å². The molecule has 0 aliphatic rings.